The summed E-state index contributed by atoms with van der Waals surface area (Å²) in [5, 5.41) is 2.72. The van der Waals surface area contributed by atoms with E-state index in [9.17, 15) is 9.59 Å². The fraction of sp³-hybridized carbons (Fsp3) is 0.647. The van der Waals surface area contributed by atoms with Crippen molar-refractivity contribution in [2.24, 2.45) is 11.3 Å². The molecule has 3 rings (SSSR count). The Bertz CT molecular complexity index is 590. The van der Waals surface area contributed by atoms with Gasteiger partial charge in [0.15, 0.2) is 0 Å². The first-order valence-corrected chi connectivity index (χ1v) is 8.02. The van der Waals surface area contributed by atoms with Crippen molar-refractivity contribution in [3.63, 3.8) is 0 Å². The molecule has 0 bridgehead atoms. The van der Waals surface area contributed by atoms with E-state index in [1.54, 1.807) is 13.0 Å². The Hall–Kier alpha value is -1.78. The topological polar surface area (TPSA) is 62.6 Å². The fourth-order valence-electron chi connectivity index (χ4n) is 4.14. The van der Waals surface area contributed by atoms with E-state index in [4.69, 9.17) is 4.42 Å². The van der Waals surface area contributed by atoms with Crippen LogP contribution in [0.2, 0.25) is 0 Å². The minimum atomic E-state index is -0.249. The zero-order chi connectivity index (χ0) is 15.9. The first-order valence-electron chi connectivity index (χ1n) is 8.02. The van der Waals surface area contributed by atoms with Crippen molar-refractivity contribution in [1.29, 1.82) is 0 Å². The minimum Gasteiger partial charge on any atom is -0.469 e. The maximum atomic E-state index is 12.5. The third-order valence-electron chi connectivity index (χ3n) is 5.29. The molecule has 0 spiro atoms. The molecule has 1 saturated heterocycles. The number of amides is 2. The van der Waals surface area contributed by atoms with Gasteiger partial charge in [-0.3, -0.25) is 9.59 Å². The van der Waals surface area contributed by atoms with Crippen molar-refractivity contribution >= 4 is 11.8 Å². The van der Waals surface area contributed by atoms with E-state index in [0.29, 0.717) is 23.3 Å². The normalized spacial score (nSPS) is 26.0. The lowest BCUT2D eigenvalue weighted by atomic mass is 9.80. The zero-order valence-electron chi connectivity index (χ0n) is 13.5. The third-order valence-corrected chi connectivity index (χ3v) is 5.29. The molecule has 1 aromatic rings. The second kappa shape index (κ2) is 5.45. The van der Waals surface area contributed by atoms with Gasteiger partial charge in [0, 0.05) is 12.6 Å². The summed E-state index contributed by atoms with van der Waals surface area (Å²) in [5.41, 5.74) is 0.676. The predicted molar refractivity (Wildman–Crippen MR) is 82.4 cm³/mol. The summed E-state index contributed by atoms with van der Waals surface area (Å²) in [6.45, 7) is 7.08. The number of aryl methyl sites for hydroxylation is 1. The molecule has 120 valence electrons. The molecule has 5 heteroatoms. The standard InChI is InChI=1S/C17H24N2O3/c1-11-12(7-8-22-11)16(21)18-9-15(20)19-10-17(2,3)13-5-4-6-14(13)19/h7-8,13-14H,4-6,9-10H2,1-3H3,(H,18,21)/t13-,14+/m1/s1. The Kier molecular flexibility index (Phi) is 3.75. The number of carbonyl (C=O) groups is 2. The van der Waals surface area contributed by atoms with Gasteiger partial charge in [-0.15, -0.1) is 0 Å². The zero-order valence-corrected chi connectivity index (χ0v) is 13.5. The number of rotatable bonds is 3. The highest BCUT2D eigenvalue weighted by atomic mass is 16.3. The van der Waals surface area contributed by atoms with Crippen LogP contribution in [0, 0.1) is 18.3 Å². The lowest BCUT2D eigenvalue weighted by molar-refractivity contribution is -0.131. The number of likely N-dealkylation sites (tertiary alicyclic amines) is 1. The van der Waals surface area contributed by atoms with Crippen molar-refractivity contribution in [1.82, 2.24) is 10.2 Å². The Morgan fingerprint density at radius 2 is 2.18 bits per heavy atom. The average molecular weight is 304 g/mol. The number of furan rings is 1. The van der Waals surface area contributed by atoms with E-state index in [-0.39, 0.29) is 23.8 Å². The molecule has 0 radical (unpaired) electrons. The van der Waals surface area contributed by atoms with Gasteiger partial charge in [-0.25, -0.2) is 0 Å². The highest BCUT2D eigenvalue weighted by molar-refractivity contribution is 5.97. The monoisotopic (exact) mass is 304 g/mol. The van der Waals surface area contributed by atoms with E-state index in [0.717, 1.165) is 13.0 Å². The van der Waals surface area contributed by atoms with Crippen LogP contribution >= 0.6 is 0 Å². The van der Waals surface area contributed by atoms with Gasteiger partial charge in [0.2, 0.25) is 5.91 Å². The van der Waals surface area contributed by atoms with Crippen LogP contribution in [0.15, 0.2) is 16.7 Å². The Balaban J connectivity index is 1.61. The van der Waals surface area contributed by atoms with Crippen LogP contribution in [0.4, 0.5) is 0 Å². The minimum absolute atomic E-state index is 0.0250. The fourth-order valence-corrected chi connectivity index (χ4v) is 4.14. The molecule has 2 fully saturated rings. The molecule has 2 aliphatic rings. The molecule has 0 aromatic carbocycles. The molecular weight excluding hydrogens is 280 g/mol. The lowest BCUT2D eigenvalue weighted by Crippen LogP contribution is -2.43. The molecule has 22 heavy (non-hydrogen) atoms. The van der Waals surface area contributed by atoms with Crippen LogP contribution in [0.5, 0.6) is 0 Å². The van der Waals surface area contributed by atoms with Crippen LogP contribution < -0.4 is 5.32 Å². The second-order valence-corrected chi connectivity index (χ2v) is 7.19. The van der Waals surface area contributed by atoms with E-state index in [2.05, 4.69) is 19.2 Å². The molecule has 2 heterocycles. The van der Waals surface area contributed by atoms with Gasteiger partial charge < -0.3 is 14.6 Å². The highest BCUT2D eigenvalue weighted by Crippen LogP contribution is 2.48. The van der Waals surface area contributed by atoms with Gasteiger partial charge in [-0.1, -0.05) is 20.3 Å². The van der Waals surface area contributed by atoms with Gasteiger partial charge in [-0.2, -0.15) is 0 Å². The summed E-state index contributed by atoms with van der Waals surface area (Å²) in [7, 11) is 0. The highest BCUT2D eigenvalue weighted by Gasteiger charge is 2.50. The molecule has 2 atom stereocenters. The molecule has 2 amide bonds. The lowest BCUT2D eigenvalue weighted by Gasteiger charge is -2.24. The number of nitrogens with zero attached hydrogens (tertiary/aromatic N) is 1. The molecule has 0 unspecified atom stereocenters. The molecular formula is C17H24N2O3. The smallest absolute Gasteiger partial charge is 0.255 e. The molecule has 1 saturated carbocycles. The Labute approximate surface area is 131 Å². The van der Waals surface area contributed by atoms with E-state index in [1.165, 1.54) is 19.1 Å². The molecule has 5 nitrogen and oxygen atoms in total. The molecule has 1 aromatic heterocycles. The van der Waals surface area contributed by atoms with E-state index in [1.807, 2.05) is 4.90 Å². The van der Waals surface area contributed by atoms with Crippen LogP contribution in [0.25, 0.3) is 0 Å². The van der Waals surface area contributed by atoms with Gasteiger partial charge in [0.05, 0.1) is 18.4 Å². The number of hydrogen-bond donors (Lipinski definition) is 1. The summed E-state index contributed by atoms with van der Waals surface area (Å²) in [5.74, 6) is 0.949. The van der Waals surface area contributed by atoms with Gasteiger partial charge >= 0.3 is 0 Å². The number of fused-ring (bicyclic) bond motifs is 1. The quantitative estimate of drug-likeness (QED) is 0.932. The summed E-state index contributed by atoms with van der Waals surface area (Å²) in [4.78, 5) is 26.6. The van der Waals surface area contributed by atoms with E-state index >= 15 is 0 Å². The van der Waals surface area contributed by atoms with Crippen LogP contribution in [0.1, 0.15) is 49.2 Å². The van der Waals surface area contributed by atoms with Crippen LogP contribution in [0.3, 0.4) is 0 Å². The van der Waals surface area contributed by atoms with Crippen molar-refractivity contribution in [2.75, 3.05) is 13.1 Å². The van der Waals surface area contributed by atoms with Crippen molar-refractivity contribution < 1.29 is 14.0 Å². The molecule has 1 N–H and O–H groups in total. The SMILES string of the molecule is Cc1occc1C(=O)NCC(=O)N1CC(C)(C)[C@@H]2CCC[C@@H]21. The second-order valence-electron chi connectivity index (χ2n) is 7.19. The number of nitrogens with one attached hydrogen (secondary N) is 1. The number of carbonyl (C=O) groups excluding carboxylic acids is 2. The van der Waals surface area contributed by atoms with Gasteiger partial charge in [-0.05, 0) is 37.2 Å². The maximum Gasteiger partial charge on any atom is 0.255 e. The number of hydrogen-bond acceptors (Lipinski definition) is 3. The average Bonchev–Trinajstić information content (AvgIpc) is 3.14. The Morgan fingerprint density at radius 3 is 2.86 bits per heavy atom. The van der Waals surface area contributed by atoms with Crippen molar-refractivity contribution in [2.45, 2.75) is 46.1 Å². The van der Waals surface area contributed by atoms with Crippen LogP contribution in [-0.4, -0.2) is 35.8 Å². The maximum absolute atomic E-state index is 12.5. The van der Waals surface area contributed by atoms with E-state index < -0.39 is 0 Å². The summed E-state index contributed by atoms with van der Waals surface area (Å²) in [6, 6.07) is 1.98. The largest absolute Gasteiger partial charge is 0.469 e. The van der Waals surface area contributed by atoms with Crippen molar-refractivity contribution in [3.05, 3.63) is 23.7 Å². The summed E-state index contributed by atoms with van der Waals surface area (Å²) >= 11 is 0. The first-order chi connectivity index (χ1) is 10.4. The molecule has 1 aliphatic heterocycles. The summed E-state index contributed by atoms with van der Waals surface area (Å²) in [6.07, 6.45) is 4.98. The predicted octanol–water partition coefficient (Wildman–Crippen LogP) is 2.35. The third kappa shape index (κ3) is 2.53. The summed E-state index contributed by atoms with van der Waals surface area (Å²) < 4.78 is 5.12. The first kappa shape index (κ1) is 15.1. The van der Waals surface area contributed by atoms with Gasteiger partial charge in [0.25, 0.3) is 5.91 Å². The molecule has 1 aliphatic carbocycles. The van der Waals surface area contributed by atoms with Crippen LogP contribution in [-0.2, 0) is 4.79 Å². The van der Waals surface area contributed by atoms with Gasteiger partial charge in [0.1, 0.15) is 5.76 Å². The van der Waals surface area contributed by atoms with Crippen molar-refractivity contribution in [3.8, 4) is 0 Å². The Morgan fingerprint density at radius 1 is 1.41 bits per heavy atom.